The van der Waals surface area contributed by atoms with Crippen molar-refractivity contribution >= 4 is 5.78 Å². The highest BCUT2D eigenvalue weighted by Gasteiger charge is 2.33. The smallest absolute Gasteiger partial charge is 0.164 e. The van der Waals surface area contributed by atoms with Crippen LogP contribution in [-0.2, 0) is 4.79 Å². The fourth-order valence-corrected chi connectivity index (χ4v) is 1.87. The number of aliphatic hydroxyl groups is 5. The number of unbranched alkanes of at least 4 members (excludes halogenated alkanes) is 5. The summed E-state index contributed by atoms with van der Waals surface area (Å²) in [4.78, 5) is 11.6. The van der Waals surface area contributed by atoms with Gasteiger partial charge < -0.3 is 25.5 Å². The molecule has 0 rings (SSSR count). The van der Waals surface area contributed by atoms with Gasteiger partial charge in [0.1, 0.15) is 24.4 Å². The predicted octanol–water partition coefficient (Wildman–Crippen LogP) is -0.258. The second-order valence-corrected chi connectivity index (χ2v) is 5.01. The van der Waals surface area contributed by atoms with Crippen LogP contribution in [0.15, 0.2) is 0 Å². The Bertz CT molecular complexity index is 276. The summed E-state index contributed by atoms with van der Waals surface area (Å²) in [6.07, 6.45) is -1.56. The lowest BCUT2D eigenvalue weighted by Crippen LogP contribution is -2.48. The van der Waals surface area contributed by atoms with E-state index >= 15 is 0 Å². The summed E-state index contributed by atoms with van der Waals surface area (Å²) in [7, 11) is 0. The molecule has 0 saturated heterocycles. The van der Waals surface area contributed by atoms with Crippen LogP contribution in [0, 0.1) is 0 Å². The zero-order chi connectivity index (χ0) is 16.3. The molecule has 4 atom stereocenters. The molecule has 0 unspecified atom stereocenters. The molecule has 0 aromatic carbocycles. The van der Waals surface area contributed by atoms with Gasteiger partial charge in [-0.2, -0.15) is 0 Å². The third-order valence-electron chi connectivity index (χ3n) is 3.26. The summed E-state index contributed by atoms with van der Waals surface area (Å²) in [5, 5.41) is 46.3. The zero-order valence-electron chi connectivity index (χ0n) is 12.8. The van der Waals surface area contributed by atoms with Crippen molar-refractivity contribution in [2.45, 2.75) is 76.3 Å². The minimum absolute atomic E-state index is 0.0958. The van der Waals surface area contributed by atoms with Crippen LogP contribution >= 0.6 is 0 Å². The maximum atomic E-state index is 11.6. The first kappa shape index (κ1) is 17.5. The van der Waals surface area contributed by atoms with E-state index in [4.69, 9.17) is 11.6 Å². The van der Waals surface area contributed by atoms with E-state index in [0.29, 0.717) is 13.3 Å². The highest BCUT2D eigenvalue weighted by Crippen LogP contribution is 2.11. The van der Waals surface area contributed by atoms with E-state index in [2.05, 4.69) is 0 Å². The molecule has 0 aliphatic carbocycles. The van der Waals surface area contributed by atoms with Crippen molar-refractivity contribution < 1.29 is 31.7 Å². The van der Waals surface area contributed by atoms with Gasteiger partial charge in [-0.05, 0) is 6.42 Å². The van der Waals surface area contributed by atoms with E-state index < -0.39 is 36.8 Å². The van der Waals surface area contributed by atoms with Crippen molar-refractivity contribution in [3.63, 3.8) is 0 Å². The number of hydrogen-bond acceptors (Lipinski definition) is 6. The van der Waals surface area contributed by atoms with E-state index in [-0.39, 0.29) is 6.42 Å². The van der Waals surface area contributed by atoms with Crippen LogP contribution in [0.5, 0.6) is 0 Å². The number of hydrogen-bond donors (Lipinski definition) is 5. The summed E-state index contributed by atoms with van der Waals surface area (Å²) in [5.74, 6) is -0.585. The fraction of sp³-hybridized carbons (Fsp3) is 0.929. The summed E-state index contributed by atoms with van der Waals surface area (Å²) in [5.41, 5.74) is 0. The van der Waals surface area contributed by atoms with Crippen molar-refractivity contribution in [3.8, 4) is 0 Å². The topological polar surface area (TPSA) is 118 Å². The first-order valence-corrected chi connectivity index (χ1v) is 7.10. The van der Waals surface area contributed by atoms with Gasteiger partial charge in [0.15, 0.2) is 5.78 Å². The molecule has 0 aliphatic rings. The van der Waals surface area contributed by atoms with Gasteiger partial charge in [0.2, 0.25) is 0 Å². The first-order chi connectivity index (χ1) is 9.95. The molecule has 0 fully saturated rings. The average molecular weight is 293 g/mol. The lowest BCUT2D eigenvalue weighted by molar-refractivity contribution is -0.147. The summed E-state index contributed by atoms with van der Waals surface area (Å²) < 4.78 is 6.99. The molecule has 0 aromatic heterocycles. The maximum absolute atomic E-state index is 11.6. The van der Waals surface area contributed by atoms with Gasteiger partial charge in [0.05, 0.1) is 6.61 Å². The third-order valence-corrected chi connectivity index (χ3v) is 3.26. The number of rotatable bonds is 12. The second kappa shape index (κ2) is 11.2. The van der Waals surface area contributed by atoms with E-state index in [1.807, 2.05) is 0 Å². The SMILES string of the molecule is [2H]CCCCCCCCC(=O)[C@H](O)[C@@H](O)[C@H](O)[C@H](O)CO. The normalized spacial score (nSPS) is 18.1. The Morgan fingerprint density at radius 1 is 1.00 bits per heavy atom. The largest absolute Gasteiger partial charge is 0.394 e. The van der Waals surface area contributed by atoms with Crippen LogP contribution in [0.25, 0.3) is 0 Å². The molecule has 0 amide bonds. The zero-order valence-corrected chi connectivity index (χ0v) is 11.8. The van der Waals surface area contributed by atoms with Crippen molar-refractivity contribution in [1.82, 2.24) is 0 Å². The van der Waals surface area contributed by atoms with Gasteiger partial charge in [0, 0.05) is 7.79 Å². The van der Waals surface area contributed by atoms with Gasteiger partial charge in [-0.1, -0.05) is 39.0 Å². The van der Waals surface area contributed by atoms with E-state index in [9.17, 15) is 20.1 Å². The van der Waals surface area contributed by atoms with Crippen LogP contribution < -0.4 is 0 Å². The van der Waals surface area contributed by atoms with Gasteiger partial charge in [-0.15, -0.1) is 0 Å². The van der Waals surface area contributed by atoms with Gasteiger partial charge >= 0.3 is 0 Å². The second-order valence-electron chi connectivity index (χ2n) is 5.01. The molecule has 0 heterocycles. The Hall–Kier alpha value is -0.530. The number of ketones is 1. The van der Waals surface area contributed by atoms with Crippen LogP contribution in [0.1, 0.15) is 53.2 Å². The Morgan fingerprint density at radius 3 is 2.20 bits per heavy atom. The molecular formula is C14H28O6. The maximum Gasteiger partial charge on any atom is 0.164 e. The Labute approximate surface area is 121 Å². The number of aliphatic hydroxyl groups excluding tert-OH is 5. The van der Waals surface area contributed by atoms with Crippen molar-refractivity contribution in [2.24, 2.45) is 0 Å². The Kier molecular flexibility index (Phi) is 9.78. The summed E-state index contributed by atoms with van der Waals surface area (Å²) >= 11 is 0. The molecule has 0 saturated carbocycles. The van der Waals surface area contributed by atoms with E-state index in [1.165, 1.54) is 0 Å². The van der Waals surface area contributed by atoms with Crippen LogP contribution in [0.4, 0.5) is 0 Å². The molecule has 0 spiro atoms. The number of carbonyl (C=O) groups is 1. The molecule has 0 aromatic rings. The molecule has 0 bridgehead atoms. The van der Waals surface area contributed by atoms with E-state index in [0.717, 1.165) is 32.1 Å². The fourth-order valence-electron chi connectivity index (χ4n) is 1.87. The summed E-state index contributed by atoms with van der Waals surface area (Å²) in [6, 6.07) is 0. The number of Topliss-reactive ketones (excluding diaryl/α,β-unsaturated/α-hetero) is 1. The van der Waals surface area contributed by atoms with Gasteiger partial charge in [-0.3, -0.25) is 4.79 Å². The van der Waals surface area contributed by atoms with Crippen LogP contribution in [0.2, 0.25) is 0 Å². The number of carbonyl (C=O) groups excluding carboxylic acids is 1. The van der Waals surface area contributed by atoms with Crippen molar-refractivity contribution in [2.75, 3.05) is 6.61 Å². The molecule has 6 nitrogen and oxygen atoms in total. The third kappa shape index (κ3) is 7.31. The standard InChI is InChI=1S/C14H28O6/c1-2-3-4-5-6-7-8-10(16)12(18)14(20)13(19)11(17)9-15/h11-15,17-20H,2-9H2,1H3/t11-,12+,13-,14-/m1/s1/i1D. The molecule has 5 N–H and O–H groups in total. The summed E-state index contributed by atoms with van der Waals surface area (Å²) in [6.45, 7) is -0.331. The molecule has 0 radical (unpaired) electrons. The molecule has 6 heteroatoms. The average Bonchev–Trinajstić information content (AvgIpc) is 2.50. The van der Waals surface area contributed by atoms with Crippen molar-refractivity contribution in [1.29, 1.82) is 0 Å². The van der Waals surface area contributed by atoms with Crippen molar-refractivity contribution in [3.05, 3.63) is 0 Å². The lowest BCUT2D eigenvalue weighted by atomic mass is 9.97. The van der Waals surface area contributed by atoms with Crippen LogP contribution in [-0.4, -0.2) is 62.3 Å². The highest BCUT2D eigenvalue weighted by atomic mass is 16.4. The molecule has 0 aliphatic heterocycles. The molecule has 20 heavy (non-hydrogen) atoms. The van der Waals surface area contributed by atoms with Crippen LogP contribution in [0.3, 0.4) is 0 Å². The van der Waals surface area contributed by atoms with Gasteiger partial charge in [0.25, 0.3) is 0 Å². The van der Waals surface area contributed by atoms with Gasteiger partial charge in [-0.25, -0.2) is 0 Å². The monoisotopic (exact) mass is 293 g/mol. The quantitative estimate of drug-likeness (QED) is 0.316. The highest BCUT2D eigenvalue weighted by molar-refractivity contribution is 5.83. The molecule has 120 valence electrons. The Balaban J connectivity index is 3.89. The molecular weight excluding hydrogens is 264 g/mol. The first-order valence-electron chi connectivity index (χ1n) is 7.81. The van der Waals surface area contributed by atoms with E-state index in [1.54, 1.807) is 0 Å². The Morgan fingerprint density at radius 2 is 1.60 bits per heavy atom. The minimum Gasteiger partial charge on any atom is -0.394 e. The lowest BCUT2D eigenvalue weighted by Gasteiger charge is -2.24. The predicted molar refractivity (Wildman–Crippen MR) is 74.1 cm³/mol. The minimum atomic E-state index is -1.81.